The molecule has 2 aliphatic heterocycles. The van der Waals surface area contributed by atoms with Crippen molar-refractivity contribution in [1.29, 1.82) is 0 Å². The van der Waals surface area contributed by atoms with Gasteiger partial charge in [0.05, 0.1) is 11.7 Å². The summed E-state index contributed by atoms with van der Waals surface area (Å²) in [7, 11) is 0. The van der Waals surface area contributed by atoms with Gasteiger partial charge in [0.2, 0.25) is 0 Å². The number of benzene rings is 1. The van der Waals surface area contributed by atoms with E-state index in [0.29, 0.717) is 12.2 Å². The molecule has 4 rings (SSSR count). The Kier molecular flexibility index (Phi) is 4.03. The van der Waals surface area contributed by atoms with Gasteiger partial charge in [-0.05, 0) is 37.1 Å². The molecule has 2 aromatic rings. The molecule has 1 amide bonds. The molecule has 0 aliphatic carbocycles. The molecule has 130 valence electrons. The van der Waals surface area contributed by atoms with Crippen molar-refractivity contribution in [2.75, 3.05) is 22.9 Å². The minimum Gasteiger partial charge on any atom is -0.478 e. The van der Waals surface area contributed by atoms with E-state index >= 15 is 0 Å². The molecule has 3 heterocycles. The molecule has 2 aliphatic rings. The van der Waals surface area contributed by atoms with Crippen LogP contribution >= 0.6 is 0 Å². The first-order chi connectivity index (χ1) is 12.2. The monoisotopic (exact) mass is 341 g/mol. The molecule has 0 N–H and O–H groups in total. The van der Waals surface area contributed by atoms with Gasteiger partial charge in [-0.2, -0.15) is 0 Å². The minimum atomic E-state index is -0.737. The lowest BCUT2D eigenvalue weighted by atomic mass is 10.1. The Morgan fingerprint density at radius 2 is 2.20 bits per heavy atom. The van der Waals surface area contributed by atoms with Crippen LogP contribution in [0.4, 0.5) is 15.9 Å². The number of hydrogen-bond acceptors (Lipinski definition) is 4. The van der Waals surface area contributed by atoms with Gasteiger partial charge in [0, 0.05) is 19.3 Å². The van der Waals surface area contributed by atoms with E-state index in [1.54, 1.807) is 29.3 Å². The highest BCUT2D eigenvalue weighted by molar-refractivity contribution is 6.00. The van der Waals surface area contributed by atoms with E-state index in [9.17, 15) is 9.18 Å². The van der Waals surface area contributed by atoms with Crippen molar-refractivity contribution in [2.24, 2.45) is 0 Å². The molecule has 1 aromatic carbocycles. The Hall–Kier alpha value is -2.63. The molecule has 0 radical (unpaired) electrons. The number of fused-ring (bicyclic) bond motifs is 4. The summed E-state index contributed by atoms with van der Waals surface area (Å²) in [6, 6.07) is 10.1. The van der Waals surface area contributed by atoms with Gasteiger partial charge in [-0.25, -0.2) is 9.37 Å². The number of pyridine rings is 1. The molecule has 2 bridgehead atoms. The average molecular weight is 341 g/mol. The predicted octanol–water partition coefficient (Wildman–Crippen LogP) is 3.00. The van der Waals surface area contributed by atoms with Crippen molar-refractivity contribution < 1.29 is 13.9 Å². The zero-order valence-electron chi connectivity index (χ0n) is 14.1. The van der Waals surface area contributed by atoms with Crippen molar-refractivity contribution >= 4 is 17.4 Å². The number of anilines is 2. The van der Waals surface area contributed by atoms with Gasteiger partial charge >= 0.3 is 0 Å². The highest BCUT2D eigenvalue weighted by Crippen LogP contribution is 2.38. The smallest absolute Gasteiger partial charge is 0.269 e. The number of nitrogens with zero attached hydrogens (tertiary/aromatic N) is 3. The Morgan fingerprint density at radius 3 is 3.00 bits per heavy atom. The fourth-order valence-corrected chi connectivity index (χ4v) is 3.61. The van der Waals surface area contributed by atoms with Crippen LogP contribution < -0.4 is 14.5 Å². The molecule has 6 heteroatoms. The van der Waals surface area contributed by atoms with Gasteiger partial charge in [0.1, 0.15) is 0 Å². The third kappa shape index (κ3) is 2.71. The molecule has 1 saturated heterocycles. The zero-order valence-corrected chi connectivity index (χ0v) is 14.1. The fraction of sp³-hybridized carbons (Fsp3) is 0.368. The molecule has 2 unspecified atom stereocenters. The van der Waals surface area contributed by atoms with Crippen molar-refractivity contribution in [3.63, 3.8) is 0 Å². The second-order valence-corrected chi connectivity index (χ2v) is 6.39. The molecular formula is C19H20FN3O2. The number of ether oxygens (including phenoxy) is 1. The summed E-state index contributed by atoms with van der Waals surface area (Å²) in [5.41, 5.74) is 0.977. The van der Waals surface area contributed by atoms with Crippen LogP contribution in [0.3, 0.4) is 0 Å². The first-order valence-electron chi connectivity index (χ1n) is 8.63. The summed E-state index contributed by atoms with van der Waals surface area (Å²) < 4.78 is 19.6. The zero-order chi connectivity index (χ0) is 17.4. The lowest BCUT2D eigenvalue weighted by Gasteiger charge is -2.37. The fourth-order valence-electron chi connectivity index (χ4n) is 3.61. The number of hydrogen-bond donors (Lipinski definition) is 0. The van der Waals surface area contributed by atoms with Gasteiger partial charge in [-0.3, -0.25) is 9.69 Å². The Balaban J connectivity index is 1.64. The maximum atomic E-state index is 13.9. The van der Waals surface area contributed by atoms with Crippen LogP contribution in [-0.2, 0) is 4.79 Å². The standard InChI is InChI=1S/C19H20FN3O2/c1-2-16(25-17-8-4-3-6-14(17)20)19(24)23-13-9-11-22(12-13)15-7-5-10-21-18(15)23/h3-8,10,13,16H,2,9,11-12H2,1H3. The number of halogens is 1. The predicted molar refractivity (Wildman–Crippen MR) is 93.4 cm³/mol. The lowest BCUT2D eigenvalue weighted by molar-refractivity contribution is -0.126. The quantitative estimate of drug-likeness (QED) is 0.858. The van der Waals surface area contributed by atoms with Crippen LogP contribution in [0.15, 0.2) is 42.6 Å². The molecule has 2 atom stereocenters. The molecular weight excluding hydrogens is 321 g/mol. The number of para-hydroxylation sites is 1. The highest BCUT2D eigenvalue weighted by Gasteiger charge is 2.42. The summed E-state index contributed by atoms with van der Waals surface area (Å²) in [5.74, 6) is 0.168. The van der Waals surface area contributed by atoms with Crippen molar-refractivity contribution in [2.45, 2.75) is 31.9 Å². The first kappa shape index (κ1) is 15.9. The van der Waals surface area contributed by atoms with Crippen LogP contribution in [0.25, 0.3) is 0 Å². The van der Waals surface area contributed by atoms with Crippen LogP contribution in [0.2, 0.25) is 0 Å². The van der Waals surface area contributed by atoms with E-state index < -0.39 is 11.9 Å². The van der Waals surface area contributed by atoms with Crippen LogP contribution in [-0.4, -0.2) is 36.1 Å². The summed E-state index contributed by atoms with van der Waals surface area (Å²) in [6.07, 6.45) is 2.32. The molecule has 0 saturated carbocycles. The van der Waals surface area contributed by atoms with Gasteiger partial charge in [-0.15, -0.1) is 0 Å². The number of carbonyl (C=O) groups is 1. The molecule has 5 nitrogen and oxygen atoms in total. The second kappa shape index (κ2) is 6.35. The Labute approximate surface area is 146 Å². The number of rotatable bonds is 4. The summed E-state index contributed by atoms with van der Waals surface area (Å²) in [5, 5.41) is 0. The molecule has 0 spiro atoms. The van der Waals surface area contributed by atoms with E-state index in [4.69, 9.17) is 4.74 Å². The largest absolute Gasteiger partial charge is 0.478 e. The summed E-state index contributed by atoms with van der Waals surface area (Å²) in [6.45, 7) is 3.59. The summed E-state index contributed by atoms with van der Waals surface area (Å²) in [4.78, 5) is 21.7. The SMILES string of the molecule is CCC(Oc1ccccc1F)C(=O)N1c2ncccc2N2CCC1C2. The maximum absolute atomic E-state index is 13.9. The van der Waals surface area contributed by atoms with Gasteiger partial charge < -0.3 is 9.64 Å². The van der Waals surface area contributed by atoms with Crippen molar-refractivity contribution in [3.05, 3.63) is 48.4 Å². The first-order valence-corrected chi connectivity index (χ1v) is 8.63. The average Bonchev–Trinajstić information content (AvgIpc) is 3.05. The minimum absolute atomic E-state index is 0.0909. The highest BCUT2D eigenvalue weighted by atomic mass is 19.1. The van der Waals surface area contributed by atoms with E-state index in [-0.39, 0.29) is 17.7 Å². The molecule has 1 fully saturated rings. The van der Waals surface area contributed by atoms with Crippen molar-refractivity contribution in [1.82, 2.24) is 4.98 Å². The van der Waals surface area contributed by atoms with Gasteiger partial charge in [-0.1, -0.05) is 19.1 Å². The van der Waals surface area contributed by atoms with Gasteiger partial charge in [0.25, 0.3) is 5.91 Å². The van der Waals surface area contributed by atoms with Crippen LogP contribution in [0.1, 0.15) is 19.8 Å². The van der Waals surface area contributed by atoms with Gasteiger partial charge in [0.15, 0.2) is 23.5 Å². The van der Waals surface area contributed by atoms with E-state index in [2.05, 4.69) is 9.88 Å². The van der Waals surface area contributed by atoms with E-state index in [1.165, 1.54) is 6.07 Å². The number of amides is 1. The van der Waals surface area contributed by atoms with Crippen LogP contribution in [0.5, 0.6) is 5.75 Å². The second-order valence-electron chi connectivity index (χ2n) is 6.39. The number of aromatic nitrogens is 1. The van der Waals surface area contributed by atoms with E-state index in [1.807, 2.05) is 19.1 Å². The van der Waals surface area contributed by atoms with Crippen LogP contribution in [0, 0.1) is 5.82 Å². The molecule has 25 heavy (non-hydrogen) atoms. The summed E-state index contributed by atoms with van der Waals surface area (Å²) >= 11 is 0. The molecule has 1 aromatic heterocycles. The Bertz CT molecular complexity index is 798. The third-order valence-electron chi connectivity index (χ3n) is 4.85. The normalized spacial score (nSPS) is 19.5. The maximum Gasteiger partial charge on any atom is 0.269 e. The topological polar surface area (TPSA) is 45.7 Å². The third-order valence-corrected chi connectivity index (χ3v) is 4.85. The van der Waals surface area contributed by atoms with Crippen molar-refractivity contribution in [3.8, 4) is 5.75 Å². The Morgan fingerprint density at radius 1 is 1.36 bits per heavy atom. The van der Waals surface area contributed by atoms with E-state index in [0.717, 1.165) is 25.2 Å². The number of carbonyl (C=O) groups excluding carboxylic acids is 1. The lowest BCUT2D eigenvalue weighted by Crippen LogP contribution is -2.51.